The summed E-state index contributed by atoms with van der Waals surface area (Å²) in [7, 11) is 1.62. The van der Waals surface area contributed by atoms with Crippen LogP contribution < -0.4 is 10.5 Å². The number of hydrogen-bond donors (Lipinski definition) is 3. The van der Waals surface area contributed by atoms with E-state index in [9.17, 15) is 0 Å². The minimum Gasteiger partial charge on any atom is -0.483 e. The number of aromatic amines is 1. The number of nitrogens with one attached hydrogen (secondary N) is 1. The number of likely N-dealkylation sites (tertiary alicyclic amines) is 1. The van der Waals surface area contributed by atoms with Crippen LogP contribution in [0.15, 0.2) is 24.5 Å². The van der Waals surface area contributed by atoms with E-state index in [0.717, 1.165) is 34.4 Å². The Morgan fingerprint density at radius 3 is 2.71 bits per heavy atom. The van der Waals surface area contributed by atoms with Gasteiger partial charge in [0.15, 0.2) is 5.82 Å². The summed E-state index contributed by atoms with van der Waals surface area (Å²) >= 11 is 0. The first-order chi connectivity index (χ1) is 15.1. The number of hydrogen-bond acceptors (Lipinski definition) is 8. The lowest BCUT2D eigenvalue weighted by molar-refractivity contribution is -0.122. The van der Waals surface area contributed by atoms with Crippen LogP contribution in [0.4, 0.5) is 5.82 Å². The van der Waals surface area contributed by atoms with Crippen molar-refractivity contribution >= 4 is 23.3 Å². The van der Waals surface area contributed by atoms with E-state index in [2.05, 4.69) is 37.0 Å². The molecular formula is C21H28N6O4. The molecule has 10 heteroatoms. The molecule has 1 aliphatic heterocycles. The van der Waals surface area contributed by atoms with Crippen LogP contribution in [0, 0.1) is 0 Å². The molecule has 3 aromatic heterocycles. The van der Waals surface area contributed by atoms with Crippen LogP contribution in [0.5, 0.6) is 6.01 Å². The molecule has 0 radical (unpaired) electrons. The molecule has 4 N–H and O–H groups in total. The molecule has 3 aromatic rings. The smallest absolute Gasteiger partial charge is 0.319 e. The Kier molecular flexibility index (Phi) is 8.13. The number of methoxy groups -OCH3 is 1. The second kappa shape index (κ2) is 11.2. The highest BCUT2D eigenvalue weighted by Crippen LogP contribution is 2.25. The van der Waals surface area contributed by atoms with Gasteiger partial charge in [-0.2, -0.15) is 9.97 Å². The average molecular weight is 428 g/mol. The minimum absolute atomic E-state index is 0.250. The Morgan fingerprint density at radius 1 is 1.26 bits per heavy atom. The highest BCUT2D eigenvalue weighted by atomic mass is 16.5. The van der Waals surface area contributed by atoms with E-state index < -0.39 is 0 Å². The van der Waals surface area contributed by atoms with E-state index in [0.29, 0.717) is 25.5 Å². The Hall–Kier alpha value is -3.24. The monoisotopic (exact) mass is 428 g/mol. The maximum Gasteiger partial charge on any atom is 0.319 e. The van der Waals surface area contributed by atoms with Crippen LogP contribution >= 0.6 is 0 Å². The third-order valence-electron chi connectivity index (χ3n) is 4.99. The standard InChI is InChI=1S/C20H26N6O2.CH2O2/c1-27-8-9-28-20-24-17-15(12-23-18(17)19(21)25-20)10-14-4-5-16(22-11-14)13-26-6-2-3-7-26;2-1-3/h4-5,11-12,23H,2-3,6-10,13H2,1H3,(H2,21,24,25);1H,(H,2,3). The summed E-state index contributed by atoms with van der Waals surface area (Å²) in [6.07, 6.45) is 7.17. The molecule has 0 unspecified atom stereocenters. The van der Waals surface area contributed by atoms with E-state index in [-0.39, 0.29) is 12.5 Å². The van der Waals surface area contributed by atoms with Gasteiger partial charge in [0, 0.05) is 38.0 Å². The minimum atomic E-state index is -0.250. The predicted molar refractivity (Wildman–Crippen MR) is 116 cm³/mol. The molecule has 0 bridgehead atoms. The first-order valence-corrected chi connectivity index (χ1v) is 10.1. The van der Waals surface area contributed by atoms with Gasteiger partial charge in [-0.05, 0) is 37.6 Å². The van der Waals surface area contributed by atoms with Gasteiger partial charge >= 0.3 is 6.01 Å². The number of H-pyrrole nitrogens is 1. The van der Waals surface area contributed by atoms with Gasteiger partial charge in [0.05, 0.1) is 12.3 Å². The number of aromatic nitrogens is 4. The largest absolute Gasteiger partial charge is 0.483 e. The number of carboxylic acid groups (broad SMARTS) is 1. The van der Waals surface area contributed by atoms with Crippen molar-refractivity contribution in [3.05, 3.63) is 41.3 Å². The number of pyridine rings is 1. The average Bonchev–Trinajstić information content (AvgIpc) is 3.41. The molecule has 1 aliphatic rings. The summed E-state index contributed by atoms with van der Waals surface area (Å²) in [5, 5.41) is 6.89. The molecule has 0 amide bonds. The Bertz CT molecular complexity index is 970. The molecule has 1 fully saturated rings. The van der Waals surface area contributed by atoms with Crippen molar-refractivity contribution in [1.29, 1.82) is 0 Å². The van der Waals surface area contributed by atoms with Gasteiger partial charge in [0.25, 0.3) is 6.47 Å². The van der Waals surface area contributed by atoms with E-state index in [1.165, 1.54) is 25.9 Å². The van der Waals surface area contributed by atoms with E-state index in [1.54, 1.807) is 7.11 Å². The van der Waals surface area contributed by atoms with E-state index in [1.807, 2.05) is 12.4 Å². The van der Waals surface area contributed by atoms with Gasteiger partial charge in [-0.25, -0.2) is 0 Å². The van der Waals surface area contributed by atoms with Crippen molar-refractivity contribution in [2.45, 2.75) is 25.8 Å². The zero-order valence-corrected chi connectivity index (χ0v) is 17.6. The van der Waals surface area contributed by atoms with Gasteiger partial charge in [-0.3, -0.25) is 14.7 Å². The molecule has 10 nitrogen and oxygen atoms in total. The van der Waals surface area contributed by atoms with Crippen molar-refractivity contribution in [2.75, 3.05) is 39.1 Å². The van der Waals surface area contributed by atoms with Crippen molar-refractivity contribution < 1.29 is 19.4 Å². The fourth-order valence-corrected chi connectivity index (χ4v) is 3.52. The number of anilines is 1. The van der Waals surface area contributed by atoms with Crippen LogP contribution in [0.3, 0.4) is 0 Å². The van der Waals surface area contributed by atoms with Crippen LogP contribution in [0.2, 0.25) is 0 Å². The highest BCUT2D eigenvalue weighted by Gasteiger charge is 2.14. The lowest BCUT2D eigenvalue weighted by Gasteiger charge is -2.13. The summed E-state index contributed by atoms with van der Waals surface area (Å²) in [4.78, 5) is 27.3. The summed E-state index contributed by atoms with van der Waals surface area (Å²) in [5.41, 5.74) is 10.8. The summed E-state index contributed by atoms with van der Waals surface area (Å²) in [6.45, 7) is 3.88. The van der Waals surface area contributed by atoms with Crippen molar-refractivity contribution in [3.8, 4) is 6.01 Å². The molecule has 0 aromatic carbocycles. The number of nitrogen functional groups attached to an aromatic ring is 1. The number of rotatable bonds is 8. The van der Waals surface area contributed by atoms with Crippen LogP contribution in [-0.4, -0.2) is 69.8 Å². The van der Waals surface area contributed by atoms with E-state index in [4.69, 9.17) is 25.1 Å². The number of nitrogens with two attached hydrogens (primary N) is 1. The first-order valence-electron chi connectivity index (χ1n) is 10.1. The lowest BCUT2D eigenvalue weighted by Crippen LogP contribution is -2.19. The molecule has 0 aliphatic carbocycles. The van der Waals surface area contributed by atoms with Crippen LogP contribution in [0.25, 0.3) is 11.0 Å². The topological polar surface area (TPSA) is 139 Å². The number of fused-ring (bicyclic) bond motifs is 1. The van der Waals surface area contributed by atoms with Crippen molar-refractivity contribution in [2.24, 2.45) is 0 Å². The molecule has 0 atom stereocenters. The molecule has 4 rings (SSSR count). The van der Waals surface area contributed by atoms with Gasteiger partial charge < -0.3 is 25.3 Å². The van der Waals surface area contributed by atoms with Crippen molar-refractivity contribution in [3.63, 3.8) is 0 Å². The highest BCUT2D eigenvalue weighted by molar-refractivity contribution is 5.87. The SMILES string of the molecule is COCCOc1nc(N)c2[nH]cc(Cc3ccc(CN4CCCC4)nc3)c2n1.O=CO. The van der Waals surface area contributed by atoms with Crippen LogP contribution in [-0.2, 0) is 22.5 Å². The van der Waals surface area contributed by atoms with E-state index >= 15 is 0 Å². The maximum atomic E-state index is 8.36. The summed E-state index contributed by atoms with van der Waals surface area (Å²) in [5.74, 6) is 0.378. The van der Waals surface area contributed by atoms with Gasteiger partial charge in [-0.1, -0.05) is 6.07 Å². The lowest BCUT2D eigenvalue weighted by atomic mass is 10.1. The second-order valence-electron chi connectivity index (χ2n) is 7.19. The molecule has 0 saturated carbocycles. The zero-order chi connectivity index (χ0) is 22.1. The van der Waals surface area contributed by atoms with Gasteiger partial charge in [0.2, 0.25) is 0 Å². The molecular weight excluding hydrogens is 400 g/mol. The fraction of sp³-hybridized carbons (Fsp3) is 0.429. The predicted octanol–water partition coefficient (Wildman–Crippen LogP) is 1.85. The Labute approximate surface area is 180 Å². The number of ether oxygens (including phenoxy) is 2. The fourth-order valence-electron chi connectivity index (χ4n) is 3.52. The second-order valence-corrected chi connectivity index (χ2v) is 7.19. The summed E-state index contributed by atoms with van der Waals surface area (Å²) in [6, 6.07) is 4.52. The van der Waals surface area contributed by atoms with Crippen LogP contribution in [0.1, 0.15) is 29.7 Å². The Morgan fingerprint density at radius 2 is 2.03 bits per heavy atom. The quantitative estimate of drug-likeness (QED) is 0.362. The maximum absolute atomic E-state index is 8.36. The number of nitrogens with zero attached hydrogens (tertiary/aromatic N) is 4. The first kappa shape index (κ1) is 22.4. The molecule has 4 heterocycles. The normalized spacial score (nSPS) is 13.7. The van der Waals surface area contributed by atoms with Crippen molar-refractivity contribution in [1.82, 2.24) is 24.8 Å². The zero-order valence-electron chi connectivity index (χ0n) is 17.6. The third kappa shape index (κ3) is 6.12. The third-order valence-corrected chi connectivity index (χ3v) is 4.99. The number of carbonyl (C=O) groups is 1. The molecule has 1 saturated heterocycles. The molecule has 31 heavy (non-hydrogen) atoms. The Balaban J connectivity index is 0.000000858. The summed E-state index contributed by atoms with van der Waals surface area (Å²) < 4.78 is 10.5. The molecule has 0 spiro atoms. The van der Waals surface area contributed by atoms with Gasteiger partial charge in [0.1, 0.15) is 17.6 Å². The molecule has 166 valence electrons. The van der Waals surface area contributed by atoms with Gasteiger partial charge in [-0.15, -0.1) is 0 Å².